The maximum absolute atomic E-state index is 6.14. The average Bonchev–Trinajstić information content (AvgIpc) is 3.13. The molecular formula is C19H14N3O+. The van der Waals surface area contributed by atoms with Gasteiger partial charge in [0.2, 0.25) is 0 Å². The van der Waals surface area contributed by atoms with E-state index >= 15 is 0 Å². The highest BCUT2D eigenvalue weighted by Gasteiger charge is 2.20. The van der Waals surface area contributed by atoms with E-state index in [1.54, 1.807) is 0 Å². The minimum atomic E-state index is 0.886. The number of furan rings is 1. The first-order chi connectivity index (χ1) is 11.3. The first kappa shape index (κ1) is 12.4. The maximum Gasteiger partial charge on any atom is 0.273 e. The molecule has 0 bridgehead atoms. The van der Waals surface area contributed by atoms with Crippen molar-refractivity contribution in [1.82, 2.24) is 9.55 Å². The monoisotopic (exact) mass is 300 g/mol. The van der Waals surface area contributed by atoms with E-state index in [-0.39, 0.29) is 0 Å². The number of aromatic nitrogens is 3. The number of imidazole rings is 1. The van der Waals surface area contributed by atoms with Crippen LogP contribution in [0.2, 0.25) is 0 Å². The van der Waals surface area contributed by atoms with Crippen molar-refractivity contribution in [2.45, 2.75) is 0 Å². The van der Waals surface area contributed by atoms with Crippen LogP contribution in [-0.4, -0.2) is 9.55 Å². The predicted molar refractivity (Wildman–Crippen MR) is 89.5 cm³/mol. The molecule has 3 heterocycles. The number of pyridine rings is 1. The highest BCUT2D eigenvalue weighted by atomic mass is 16.3. The van der Waals surface area contributed by atoms with Crippen LogP contribution in [0.3, 0.4) is 0 Å². The lowest BCUT2D eigenvalue weighted by atomic mass is 10.1. The third-order valence-corrected chi connectivity index (χ3v) is 4.31. The maximum atomic E-state index is 6.14. The van der Waals surface area contributed by atoms with Gasteiger partial charge in [0.25, 0.3) is 12.0 Å². The molecule has 3 aromatic heterocycles. The van der Waals surface area contributed by atoms with E-state index < -0.39 is 0 Å². The Hall–Kier alpha value is -3.14. The van der Waals surface area contributed by atoms with Crippen LogP contribution in [-0.2, 0) is 7.05 Å². The second-order valence-corrected chi connectivity index (χ2v) is 5.69. The fraction of sp³-hybridized carbons (Fsp3) is 0.0526. The third-order valence-electron chi connectivity index (χ3n) is 4.31. The number of hydrogen-bond donors (Lipinski definition) is 0. The van der Waals surface area contributed by atoms with Crippen LogP contribution < -0.4 is 4.57 Å². The van der Waals surface area contributed by atoms with Gasteiger partial charge >= 0.3 is 0 Å². The molecule has 4 heteroatoms. The number of aryl methyl sites for hydroxylation is 1. The van der Waals surface area contributed by atoms with Gasteiger partial charge < -0.3 is 4.42 Å². The summed E-state index contributed by atoms with van der Waals surface area (Å²) in [5.41, 5.74) is 4.80. The first-order valence-corrected chi connectivity index (χ1v) is 7.55. The Bertz CT molecular complexity index is 1180. The zero-order chi connectivity index (χ0) is 15.4. The largest absolute Gasteiger partial charge is 0.452 e. The molecule has 5 aromatic rings. The summed E-state index contributed by atoms with van der Waals surface area (Å²) in [6.07, 6.45) is 3.86. The molecule has 0 spiro atoms. The molecule has 0 radical (unpaired) electrons. The van der Waals surface area contributed by atoms with E-state index in [4.69, 9.17) is 4.42 Å². The summed E-state index contributed by atoms with van der Waals surface area (Å²) in [7, 11) is 2.03. The topological polar surface area (TPSA) is 34.8 Å². The Balaban J connectivity index is 1.92. The van der Waals surface area contributed by atoms with E-state index in [2.05, 4.69) is 44.5 Å². The van der Waals surface area contributed by atoms with Crippen molar-refractivity contribution in [2.24, 2.45) is 7.05 Å². The Morgan fingerprint density at radius 3 is 2.78 bits per heavy atom. The molecule has 0 N–H and O–H groups in total. The van der Waals surface area contributed by atoms with Crippen molar-refractivity contribution in [3.05, 3.63) is 67.1 Å². The minimum Gasteiger partial charge on any atom is -0.452 e. The number of nitrogens with zero attached hydrogens (tertiary/aromatic N) is 3. The third kappa shape index (κ3) is 1.66. The molecule has 0 aliphatic heterocycles. The van der Waals surface area contributed by atoms with Crippen molar-refractivity contribution < 1.29 is 8.98 Å². The van der Waals surface area contributed by atoms with Crippen molar-refractivity contribution in [2.75, 3.05) is 0 Å². The van der Waals surface area contributed by atoms with E-state index in [1.807, 2.05) is 43.8 Å². The van der Waals surface area contributed by atoms with E-state index in [0.29, 0.717) is 0 Å². The molecule has 0 aliphatic carbocycles. The minimum absolute atomic E-state index is 0.886. The summed E-state index contributed by atoms with van der Waals surface area (Å²) >= 11 is 0. The van der Waals surface area contributed by atoms with Crippen LogP contribution in [0.5, 0.6) is 0 Å². The van der Waals surface area contributed by atoms with Gasteiger partial charge in [0.1, 0.15) is 5.58 Å². The molecule has 0 saturated heterocycles. The van der Waals surface area contributed by atoms with Gasteiger partial charge in [0.05, 0.1) is 7.05 Å². The molecule has 110 valence electrons. The van der Waals surface area contributed by atoms with Gasteiger partial charge in [0.15, 0.2) is 16.8 Å². The van der Waals surface area contributed by atoms with Crippen molar-refractivity contribution in [3.63, 3.8) is 0 Å². The zero-order valence-corrected chi connectivity index (χ0v) is 12.6. The van der Waals surface area contributed by atoms with Gasteiger partial charge in [-0.15, -0.1) is 0 Å². The van der Waals surface area contributed by atoms with E-state index in [9.17, 15) is 0 Å². The van der Waals surface area contributed by atoms with Gasteiger partial charge in [-0.25, -0.2) is 9.55 Å². The molecule has 0 amide bonds. The van der Waals surface area contributed by atoms with Crippen LogP contribution in [0.1, 0.15) is 0 Å². The lowest BCUT2D eigenvalue weighted by molar-refractivity contribution is -0.645. The van der Waals surface area contributed by atoms with Gasteiger partial charge in [-0.2, -0.15) is 4.57 Å². The van der Waals surface area contributed by atoms with Gasteiger partial charge in [-0.3, -0.25) is 0 Å². The zero-order valence-electron chi connectivity index (χ0n) is 12.6. The SMILES string of the molecule is C[n+]1cn(-c2cccc3c2oc2ccccc23)c2ncccc21. The van der Waals surface area contributed by atoms with Gasteiger partial charge in [0, 0.05) is 17.0 Å². The molecule has 23 heavy (non-hydrogen) atoms. The van der Waals surface area contributed by atoms with E-state index in [1.165, 1.54) is 0 Å². The first-order valence-electron chi connectivity index (χ1n) is 7.55. The van der Waals surface area contributed by atoms with Crippen LogP contribution in [0, 0.1) is 0 Å². The average molecular weight is 300 g/mol. The Morgan fingerprint density at radius 1 is 0.957 bits per heavy atom. The molecule has 4 nitrogen and oxygen atoms in total. The summed E-state index contributed by atoms with van der Waals surface area (Å²) in [6, 6.07) is 18.4. The summed E-state index contributed by atoms with van der Waals surface area (Å²) in [4.78, 5) is 4.54. The van der Waals surface area contributed by atoms with Crippen molar-refractivity contribution >= 4 is 33.1 Å². The second-order valence-electron chi connectivity index (χ2n) is 5.69. The van der Waals surface area contributed by atoms with Crippen LogP contribution >= 0.6 is 0 Å². The highest BCUT2D eigenvalue weighted by molar-refractivity contribution is 6.07. The lowest BCUT2D eigenvalue weighted by Crippen LogP contribution is -2.25. The van der Waals surface area contributed by atoms with Crippen molar-refractivity contribution in [1.29, 1.82) is 0 Å². The Labute approximate surface area is 132 Å². The van der Waals surface area contributed by atoms with Gasteiger partial charge in [-0.05, 0) is 24.3 Å². The molecule has 0 aliphatic rings. The summed E-state index contributed by atoms with van der Waals surface area (Å²) in [5, 5.41) is 2.26. The van der Waals surface area contributed by atoms with Crippen LogP contribution in [0.15, 0.2) is 71.5 Å². The number of benzene rings is 2. The second kappa shape index (κ2) is 4.43. The summed E-state index contributed by atoms with van der Waals surface area (Å²) in [5.74, 6) is 0. The molecule has 0 atom stereocenters. The molecule has 0 fully saturated rings. The fourth-order valence-corrected chi connectivity index (χ4v) is 3.24. The number of rotatable bonds is 1. The quantitative estimate of drug-likeness (QED) is 0.442. The number of hydrogen-bond acceptors (Lipinski definition) is 2. The molecule has 5 rings (SSSR count). The van der Waals surface area contributed by atoms with Crippen LogP contribution in [0.4, 0.5) is 0 Å². The van der Waals surface area contributed by atoms with Crippen molar-refractivity contribution in [3.8, 4) is 5.69 Å². The summed E-state index contributed by atoms with van der Waals surface area (Å²) < 4.78 is 10.3. The van der Waals surface area contributed by atoms with E-state index in [0.717, 1.165) is 38.8 Å². The lowest BCUT2D eigenvalue weighted by Gasteiger charge is -1.97. The molecule has 0 saturated carbocycles. The Kier molecular flexibility index (Phi) is 2.39. The number of fused-ring (bicyclic) bond motifs is 4. The molecule has 0 unspecified atom stereocenters. The standard InChI is InChI=1S/C19H14N3O/c1-21-12-22(19-16(21)9-5-11-20-19)15-8-4-7-14-13-6-2-3-10-17(13)23-18(14)15/h2-12H,1H3/q+1. The smallest absolute Gasteiger partial charge is 0.273 e. The normalized spacial score (nSPS) is 11.7. The predicted octanol–water partition coefficient (Wildman–Crippen LogP) is 3.75. The summed E-state index contributed by atoms with van der Waals surface area (Å²) in [6.45, 7) is 0. The Morgan fingerprint density at radius 2 is 1.83 bits per heavy atom. The van der Waals surface area contributed by atoms with Gasteiger partial charge in [-0.1, -0.05) is 30.3 Å². The number of para-hydroxylation sites is 2. The fourth-order valence-electron chi connectivity index (χ4n) is 3.24. The molecule has 2 aromatic carbocycles. The molecular weight excluding hydrogens is 286 g/mol. The van der Waals surface area contributed by atoms with Crippen LogP contribution in [0.25, 0.3) is 38.8 Å². The highest BCUT2D eigenvalue weighted by Crippen LogP contribution is 2.32.